The van der Waals surface area contributed by atoms with Gasteiger partial charge in [0.2, 0.25) is 0 Å². The summed E-state index contributed by atoms with van der Waals surface area (Å²) in [6, 6.07) is 18.5. The van der Waals surface area contributed by atoms with Crippen LogP contribution in [0.4, 0.5) is 0 Å². The Morgan fingerprint density at radius 3 is 2.52 bits per heavy atom. The molecule has 6 nitrogen and oxygen atoms in total. The van der Waals surface area contributed by atoms with E-state index in [0.717, 1.165) is 35.8 Å². The summed E-state index contributed by atoms with van der Waals surface area (Å²) in [4.78, 5) is 4.73. The molecule has 0 saturated carbocycles. The van der Waals surface area contributed by atoms with Crippen LogP contribution in [-0.2, 0) is 26.1 Å². The molecule has 0 spiro atoms. The van der Waals surface area contributed by atoms with Gasteiger partial charge in [-0.3, -0.25) is 0 Å². The van der Waals surface area contributed by atoms with E-state index in [0.29, 0.717) is 13.1 Å². The fourth-order valence-electron chi connectivity index (χ4n) is 2.75. The quantitative estimate of drug-likeness (QED) is 0.243. The first-order chi connectivity index (χ1) is 13.7. The molecule has 0 bridgehead atoms. The molecule has 3 aromatic rings. The highest BCUT2D eigenvalue weighted by Gasteiger charge is 2.03. The van der Waals surface area contributed by atoms with Crippen LogP contribution in [0, 0.1) is 0 Å². The number of aliphatic imine (C=N–C) groups is 1. The first kappa shape index (κ1) is 23.3. The maximum absolute atomic E-state index is 4.73. The lowest BCUT2D eigenvalue weighted by Gasteiger charge is -2.14. The zero-order valence-electron chi connectivity index (χ0n) is 16.4. The van der Waals surface area contributed by atoms with Gasteiger partial charge in [-0.05, 0) is 23.3 Å². The third-order valence-electron chi connectivity index (χ3n) is 4.29. The molecule has 1 heterocycles. The van der Waals surface area contributed by atoms with Gasteiger partial charge in [0.05, 0.1) is 6.54 Å². The molecular formula is C21H26BrIN6. The largest absolute Gasteiger partial charge is 0.355 e. The molecule has 2 N–H and O–H groups in total. The number of halogens is 2. The minimum atomic E-state index is 0. The van der Waals surface area contributed by atoms with Gasteiger partial charge in [-0.1, -0.05) is 65.3 Å². The van der Waals surface area contributed by atoms with E-state index in [-0.39, 0.29) is 24.0 Å². The van der Waals surface area contributed by atoms with E-state index in [1.54, 1.807) is 6.33 Å². The van der Waals surface area contributed by atoms with Gasteiger partial charge >= 0.3 is 0 Å². The van der Waals surface area contributed by atoms with E-state index in [9.17, 15) is 0 Å². The van der Waals surface area contributed by atoms with Gasteiger partial charge in [0.15, 0.2) is 5.96 Å². The lowest BCUT2D eigenvalue weighted by molar-refractivity contribution is 0.631. The number of guanidine groups is 1. The molecule has 0 fully saturated rings. The van der Waals surface area contributed by atoms with Crippen molar-refractivity contribution in [2.45, 2.75) is 33.0 Å². The highest BCUT2D eigenvalue weighted by molar-refractivity contribution is 14.0. The second kappa shape index (κ2) is 12.6. The predicted molar refractivity (Wildman–Crippen MR) is 131 cm³/mol. The van der Waals surface area contributed by atoms with Crippen molar-refractivity contribution in [3.63, 3.8) is 0 Å². The number of aromatic nitrogens is 3. The number of hydrogen-bond donors (Lipinski definition) is 2. The van der Waals surface area contributed by atoms with Crippen LogP contribution < -0.4 is 10.6 Å². The third kappa shape index (κ3) is 7.77. The molecule has 154 valence electrons. The average Bonchev–Trinajstić information content (AvgIpc) is 3.19. The van der Waals surface area contributed by atoms with Crippen molar-refractivity contribution in [3.05, 3.63) is 82.3 Å². The lowest BCUT2D eigenvalue weighted by atomic mass is 10.2. The van der Waals surface area contributed by atoms with Gasteiger partial charge in [0, 0.05) is 30.5 Å². The Kier molecular flexibility index (Phi) is 10.1. The van der Waals surface area contributed by atoms with Gasteiger partial charge in [-0.15, -0.1) is 34.2 Å². The monoisotopic (exact) mass is 568 g/mol. The second-order valence-electron chi connectivity index (χ2n) is 6.35. The van der Waals surface area contributed by atoms with E-state index in [4.69, 9.17) is 4.99 Å². The van der Waals surface area contributed by atoms with Gasteiger partial charge < -0.3 is 15.2 Å². The minimum absolute atomic E-state index is 0. The summed E-state index contributed by atoms with van der Waals surface area (Å²) in [6.45, 7) is 4.96. The summed E-state index contributed by atoms with van der Waals surface area (Å²) < 4.78 is 3.14. The topological polar surface area (TPSA) is 67.1 Å². The molecular weight excluding hydrogens is 543 g/mol. The molecule has 1 aromatic heterocycles. The molecule has 0 unspecified atom stereocenters. The summed E-state index contributed by atoms with van der Waals surface area (Å²) in [5.41, 5.74) is 2.38. The summed E-state index contributed by atoms with van der Waals surface area (Å²) in [5, 5.41) is 14.9. The van der Waals surface area contributed by atoms with Crippen molar-refractivity contribution in [1.82, 2.24) is 25.4 Å². The SMILES string of the molecule is CCc1nncn1CCNC(=NCc1ccccc1)NCc1ccc(Br)cc1.I. The molecule has 0 radical (unpaired) electrons. The lowest BCUT2D eigenvalue weighted by Crippen LogP contribution is -2.38. The number of nitrogens with one attached hydrogen (secondary N) is 2. The van der Waals surface area contributed by atoms with Gasteiger partial charge in [0.25, 0.3) is 0 Å². The van der Waals surface area contributed by atoms with E-state index >= 15 is 0 Å². The fraction of sp³-hybridized carbons (Fsp3) is 0.286. The number of nitrogens with zero attached hydrogens (tertiary/aromatic N) is 4. The van der Waals surface area contributed by atoms with E-state index in [1.807, 2.05) is 30.3 Å². The molecule has 8 heteroatoms. The van der Waals surface area contributed by atoms with Gasteiger partial charge in [-0.25, -0.2) is 4.99 Å². The molecule has 0 aliphatic carbocycles. The van der Waals surface area contributed by atoms with E-state index in [2.05, 4.69) is 72.5 Å². The first-order valence-corrected chi connectivity index (χ1v) is 10.2. The van der Waals surface area contributed by atoms with Gasteiger partial charge in [0.1, 0.15) is 12.2 Å². The van der Waals surface area contributed by atoms with Crippen LogP contribution in [0.25, 0.3) is 0 Å². The molecule has 0 atom stereocenters. The molecule has 2 aromatic carbocycles. The van der Waals surface area contributed by atoms with Crippen LogP contribution in [-0.4, -0.2) is 27.3 Å². The van der Waals surface area contributed by atoms with Crippen molar-refractivity contribution >= 4 is 45.9 Å². The summed E-state index contributed by atoms with van der Waals surface area (Å²) >= 11 is 3.47. The Hall–Kier alpha value is -1.94. The minimum Gasteiger partial charge on any atom is -0.355 e. The van der Waals surface area contributed by atoms with Crippen LogP contribution >= 0.6 is 39.9 Å². The Bertz CT molecular complexity index is 880. The van der Waals surface area contributed by atoms with Crippen molar-refractivity contribution in [3.8, 4) is 0 Å². The molecule has 0 saturated heterocycles. The fourth-order valence-corrected chi connectivity index (χ4v) is 3.01. The van der Waals surface area contributed by atoms with Crippen molar-refractivity contribution in [1.29, 1.82) is 0 Å². The second-order valence-corrected chi connectivity index (χ2v) is 7.27. The van der Waals surface area contributed by atoms with Crippen molar-refractivity contribution in [2.75, 3.05) is 6.54 Å². The molecule has 29 heavy (non-hydrogen) atoms. The molecule has 0 aliphatic rings. The Balaban J connectivity index is 0.00000300. The molecule has 3 rings (SSSR count). The highest BCUT2D eigenvalue weighted by Crippen LogP contribution is 2.10. The van der Waals surface area contributed by atoms with E-state index in [1.165, 1.54) is 11.1 Å². The van der Waals surface area contributed by atoms with Crippen LogP contribution in [0.3, 0.4) is 0 Å². The van der Waals surface area contributed by atoms with Crippen LogP contribution in [0.1, 0.15) is 23.9 Å². The van der Waals surface area contributed by atoms with Crippen LogP contribution in [0.2, 0.25) is 0 Å². The number of hydrogen-bond acceptors (Lipinski definition) is 3. The van der Waals surface area contributed by atoms with Crippen molar-refractivity contribution < 1.29 is 0 Å². The third-order valence-corrected chi connectivity index (χ3v) is 4.82. The zero-order valence-corrected chi connectivity index (χ0v) is 20.3. The number of rotatable bonds is 8. The number of benzene rings is 2. The van der Waals surface area contributed by atoms with Crippen molar-refractivity contribution in [2.24, 2.45) is 4.99 Å². The zero-order chi connectivity index (χ0) is 19.6. The Labute approximate surface area is 197 Å². The van der Waals surface area contributed by atoms with Crippen LogP contribution in [0.15, 0.2) is 70.4 Å². The Morgan fingerprint density at radius 1 is 1.03 bits per heavy atom. The number of aryl methyl sites for hydroxylation is 1. The molecule has 0 amide bonds. The standard InChI is InChI=1S/C21H25BrN6.HI/c1-2-20-27-26-16-28(20)13-12-23-21(24-14-17-6-4-3-5-7-17)25-15-18-8-10-19(22)11-9-18;/h3-11,16H,2,12-15H2,1H3,(H2,23,24,25);1H. The summed E-state index contributed by atoms with van der Waals surface area (Å²) in [5.74, 6) is 1.78. The van der Waals surface area contributed by atoms with E-state index < -0.39 is 0 Å². The normalized spacial score (nSPS) is 11.0. The molecule has 0 aliphatic heterocycles. The maximum atomic E-state index is 4.73. The Morgan fingerprint density at radius 2 is 1.79 bits per heavy atom. The smallest absolute Gasteiger partial charge is 0.191 e. The first-order valence-electron chi connectivity index (χ1n) is 9.42. The van der Waals surface area contributed by atoms with Gasteiger partial charge in [-0.2, -0.15) is 0 Å². The highest BCUT2D eigenvalue weighted by atomic mass is 127. The average molecular weight is 569 g/mol. The van der Waals surface area contributed by atoms with Crippen LogP contribution in [0.5, 0.6) is 0 Å². The summed E-state index contributed by atoms with van der Waals surface area (Å²) in [7, 11) is 0. The predicted octanol–water partition coefficient (Wildman–Crippen LogP) is 4.16. The summed E-state index contributed by atoms with van der Waals surface area (Å²) in [6.07, 6.45) is 2.65. The maximum Gasteiger partial charge on any atom is 0.191 e.